The molecule has 1 atom stereocenters. The van der Waals surface area contributed by atoms with E-state index in [0.717, 1.165) is 19.3 Å². The van der Waals surface area contributed by atoms with Crippen LogP contribution in [0, 0.1) is 5.92 Å². The Morgan fingerprint density at radius 2 is 1.78 bits per heavy atom. The van der Waals surface area contributed by atoms with Crippen molar-refractivity contribution in [2.75, 3.05) is 11.5 Å². The van der Waals surface area contributed by atoms with Gasteiger partial charge in [-0.25, -0.2) is 0 Å². The van der Waals surface area contributed by atoms with Gasteiger partial charge in [-0.2, -0.15) is 0 Å². The monoisotopic (exact) mass is 278 g/mol. The molecular weight excluding hydrogens is 260 g/mol. The van der Waals surface area contributed by atoms with Gasteiger partial charge in [-0.15, -0.1) is 23.5 Å². The van der Waals surface area contributed by atoms with E-state index in [1.807, 2.05) is 23.5 Å². The molecule has 1 aromatic carbocycles. The molecular formula is C15H18OS2. The second kappa shape index (κ2) is 5.30. The zero-order chi connectivity index (χ0) is 12.4. The number of hydrogen-bond acceptors (Lipinski definition) is 3. The fourth-order valence-electron chi connectivity index (χ4n) is 3.01. The van der Waals surface area contributed by atoms with E-state index in [1.54, 1.807) is 0 Å². The first-order chi connectivity index (χ1) is 8.83. The summed E-state index contributed by atoms with van der Waals surface area (Å²) in [6.07, 6.45) is 4.22. The van der Waals surface area contributed by atoms with Gasteiger partial charge in [0.2, 0.25) is 0 Å². The molecule has 0 bridgehead atoms. The third-order valence-electron chi connectivity index (χ3n) is 3.86. The zero-order valence-corrected chi connectivity index (χ0v) is 12.1. The normalized spacial score (nSPS) is 27.3. The molecule has 0 N–H and O–H groups in total. The molecule has 1 heterocycles. The van der Waals surface area contributed by atoms with Crippen molar-refractivity contribution < 1.29 is 4.79 Å². The molecule has 1 nitrogen and oxygen atoms in total. The summed E-state index contributed by atoms with van der Waals surface area (Å²) in [5.74, 6) is 3.09. The smallest absolute Gasteiger partial charge is 0.138 e. The first-order valence-electron chi connectivity index (χ1n) is 6.69. The molecule has 2 fully saturated rings. The minimum absolute atomic E-state index is 0.00704. The van der Waals surface area contributed by atoms with Crippen LogP contribution in [0.25, 0.3) is 0 Å². The maximum Gasteiger partial charge on any atom is 0.138 e. The molecule has 0 radical (unpaired) electrons. The number of hydrogen-bond donors (Lipinski definition) is 0. The largest absolute Gasteiger partial charge is 0.299 e. The summed E-state index contributed by atoms with van der Waals surface area (Å²) in [5, 5.41) is 0. The maximum atomic E-state index is 12.2. The Hall–Kier alpha value is -0.410. The van der Waals surface area contributed by atoms with E-state index < -0.39 is 0 Å². The van der Waals surface area contributed by atoms with Crippen LogP contribution >= 0.6 is 23.5 Å². The van der Waals surface area contributed by atoms with Crippen LogP contribution in [-0.4, -0.2) is 17.3 Å². The van der Waals surface area contributed by atoms with Crippen LogP contribution in [-0.2, 0) is 8.87 Å². The van der Waals surface area contributed by atoms with Crippen molar-refractivity contribution in [1.82, 2.24) is 0 Å². The molecule has 2 aliphatic rings. The van der Waals surface area contributed by atoms with Crippen LogP contribution < -0.4 is 0 Å². The van der Waals surface area contributed by atoms with Gasteiger partial charge >= 0.3 is 0 Å². The summed E-state index contributed by atoms with van der Waals surface area (Å²) in [5.41, 5.74) is 1.35. The molecule has 0 spiro atoms. The highest BCUT2D eigenvalue weighted by Crippen LogP contribution is 2.58. The Morgan fingerprint density at radius 3 is 2.39 bits per heavy atom. The van der Waals surface area contributed by atoms with Crippen molar-refractivity contribution >= 4 is 29.3 Å². The van der Waals surface area contributed by atoms with Gasteiger partial charge in [0.25, 0.3) is 0 Å². The number of carbonyl (C=O) groups is 1. The third-order valence-corrected chi connectivity index (χ3v) is 7.45. The van der Waals surface area contributed by atoms with Crippen molar-refractivity contribution in [2.45, 2.75) is 29.8 Å². The van der Waals surface area contributed by atoms with E-state index in [4.69, 9.17) is 0 Å². The highest BCUT2D eigenvalue weighted by molar-refractivity contribution is 8.18. The first-order valence-corrected chi connectivity index (χ1v) is 8.66. The van der Waals surface area contributed by atoms with Crippen LogP contribution in [0.2, 0.25) is 0 Å². The topological polar surface area (TPSA) is 17.1 Å². The lowest BCUT2D eigenvalue weighted by Gasteiger charge is -2.40. The molecule has 1 saturated heterocycles. The molecule has 0 aromatic heterocycles. The molecule has 1 aliphatic carbocycles. The van der Waals surface area contributed by atoms with Gasteiger partial charge in [-0.05, 0) is 36.3 Å². The van der Waals surface area contributed by atoms with E-state index in [1.165, 1.54) is 23.5 Å². The Kier molecular flexibility index (Phi) is 3.71. The van der Waals surface area contributed by atoms with Gasteiger partial charge < -0.3 is 0 Å². The number of Topliss-reactive ketones (excluding diaryl/α,β-unsaturated/α-hetero) is 1. The molecule has 96 valence electrons. The van der Waals surface area contributed by atoms with E-state index in [0.29, 0.717) is 5.78 Å². The van der Waals surface area contributed by atoms with E-state index >= 15 is 0 Å². The van der Waals surface area contributed by atoms with Gasteiger partial charge in [0, 0.05) is 12.3 Å². The molecule has 1 saturated carbocycles. The lowest BCUT2D eigenvalue weighted by molar-refractivity contribution is -0.120. The zero-order valence-electron chi connectivity index (χ0n) is 10.4. The summed E-state index contributed by atoms with van der Waals surface area (Å²) in [4.78, 5) is 12.2. The standard InChI is InChI=1S/C15H18OS2/c16-14-9-4-8-13(14)15(17-10-5-11-18-15)12-6-2-1-3-7-12/h1-3,6-7,13H,4-5,8-11H2. The summed E-state index contributed by atoms with van der Waals surface area (Å²) in [6, 6.07) is 10.7. The Labute approximate surface area is 117 Å². The molecule has 1 unspecified atom stereocenters. The second-order valence-corrected chi connectivity index (χ2v) is 7.94. The Balaban J connectivity index is 2.00. The minimum atomic E-state index is 0.00704. The summed E-state index contributed by atoms with van der Waals surface area (Å²) in [7, 11) is 0. The molecule has 3 heteroatoms. The number of thioether (sulfide) groups is 2. The fourth-order valence-corrected chi connectivity index (χ4v) is 6.71. The van der Waals surface area contributed by atoms with E-state index in [9.17, 15) is 4.79 Å². The quantitative estimate of drug-likeness (QED) is 0.811. The van der Waals surface area contributed by atoms with E-state index in [2.05, 4.69) is 30.3 Å². The predicted octanol–water partition coefficient (Wildman–Crippen LogP) is 4.08. The lowest BCUT2D eigenvalue weighted by Crippen LogP contribution is -2.34. The highest BCUT2D eigenvalue weighted by atomic mass is 32.2. The van der Waals surface area contributed by atoms with Crippen LogP contribution in [0.3, 0.4) is 0 Å². The van der Waals surface area contributed by atoms with Crippen LogP contribution in [0.15, 0.2) is 30.3 Å². The number of rotatable bonds is 2. The summed E-state index contributed by atoms with van der Waals surface area (Å²) < 4.78 is 0.00704. The summed E-state index contributed by atoms with van der Waals surface area (Å²) in [6.45, 7) is 0. The molecule has 1 aromatic rings. The second-order valence-electron chi connectivity index (χ2n) is 5.00. The number of ketones is 1. The van der Waals surface area contributed by atoms with Gasteiger partial charge in [0.15, 0.2) is 0 Å². The first kappa shape index (κ1) is 12.6. The average Bonchev–Trinajstić information content (AvgIpc) is 2.87. The van der Waals surface area contributed by atoms with Gasteiger partial charge in [0.05, 0.1) is 4.08 Å². The predicted molar refractivity (Wildman–Crippen MR) is 80.0 cm³/mol. The fraction of sp³-hybridized carbons (Fsp3) is 0.533. The average molecular weight is 278 g/mol. The third kappa shape index (κ3) is 2.12. The molecule has 3 rings (SSSR count). The molecule has 0 amide bonds. The van der Waals surface area contributed by atoms with Crippen molar-refractivity contribution in [3.63, 3.8) is 0 Å². The van der Waals surface area contributed by atoms with Crippen molar-refractivity contribution in [2.24, 2.45) is 5.92 Å². The van der Waals surface area contributed by atoms with Crippen LogP contribution in [0.1, 0.15) is 31.2 Å². The number of carbonyl (C=O) groups excluding carboxylic acids is 1. The maximum absolute atomic E-state index is 12.2. The number of benzene rings is 1. The van der Waals surface area contributed by atoms with Crippen molar-refractivity contribution in [3.05, 3.63) is 35.9 Å². The Bertz CT molecular complexity index is 423. The van der Waals surface area contributed by atoms with Gasteiger partial charge in [-0.1, -0.05) is 30.3 Å². The van der Waals surface area contributed by atoms with Crippen LogP contribution in [0.5, 0.6) is 0 Å². The summed E-state index contributed by atoms with van der Waals surface area (Å²) >= 11 is 4.01. The molecule has 18 heavy (non-hydrogen) atoms. The van der Waals surface area contributed by atoms with Crippen molar-refractivity contribution in [3.8, 4) is 0 Å². The van der Waals surface area contributed by atoms with Gasteiger partial charge in [-0.3, -0.25) is 4.79 Å². The van der Waals surface area contributed by atoms with Crippen LogP contribution in [0.4, 0.5) is 0 Å². The molecule has 1 aliphatic heterocycles. The Morgan fingerprint density at radius 1 is 1.06 bits per heavy atom. The van der Waals surface area contributed by atoms with Crippen molar-refractivity contribution in [1.29, 1.82) is 0 Å². The minimum Gasteiger partial charge on any atom is -0.299 e. The van der Waals surface area contributed by atoms with E-state index in [-0.39, 0.29) is 10.00 Å². The highest BCUT2D eigenvalue weighted by Gasteiger charge is 2.47. The lowest BCUT2D eigenvalue weighted by atomic mass is 9.95. The van der Waals surface area contributed by atoms with Gasteiger partial charge in [0.1, 0.15) is 5.78 Å². The SMILES string of the molecule is O=C1CCCC1C1(c2ccccc2)SCCCS1.